The van der Waals surface area contributed by atoms with Crippen LogP contribution in [-0.2, 0) is 9.59 Å². The minimum absolute atomic E-state index is 0.0488. The Morgan fingerprint density at radius 3 is 2.40 bits per heavy atom. The number of carbonyl (C=O) groups is 3. The zero-order valence-electron chi connectivity index (χ0n) is 22.7. The molecular formula is C32H24Cl2N4O3S2. The summed E-state index contributed by atoms with van der Waals surface area (Å²) in [6, 6.07) is 26.5. The number of amides is 3. The summed E-state index contributed by atoms with van der Waals surface area (Å²) in [6.07, 6.45) is 1.44. The van der Waals surface area contributed by atoms with Crippen LogP contribution >= 0.6 is 46.3 Å². The van der Waals surface area contributed by atoms with Gasteiger partial charge in [0.15, 0.2) is 5.13 Å². The van der Waals surface area contributed by atoms with Crippen molar-refractivity contribution in [2.24, 2.45) is 0 Å². The number of nitrogens with zero attached hydrogens (tertiary/aromatic N) is 1. The molecule has 1 heterocycles. The Morgan fingerprint density at radius 1 is 0.884 bits per heavy atom. The Morgan fingerprint density at radius 2 is 1.63 bits per heavy atom. The quantitative estimate of drug-likeness (QED) is 0.111. The molecule has 0 fully saturated rings. The Kier molecular flexibility index (Phi) is 9.79. The summed E-state index contributed by atoms with van der Waals surface area (Å²) in [5.41, 5.74) is 3.17. The van der Waals surface area contributed by atoms with Gasteiger partial charge < -0.3 is 16.0 Å². The van der Waals surface area contributed by atoms with Gasteiger partial charge in [-0.05, 0) is 73.2 Å². The van der Waals surface area contributed by atoms with Gasteiger partial charge in [0.25, 0.3) is 11.8 Å². The number of fused-ring (bicyclic) bond motifs is 1. The molecule has 0 bridgehead atoms. The van der Waals surface area contributed by atoms with Gasteiger partial charge in [-0.3, -0.25) is 14.4 Å². The molecule has 0 spiro atoms. The minimum atomic E-state index is -0.578. The van der Waals surface area contributed by atoms with Gasteiger partial charge >= 0.3 is 0 Å². The van der Waals surface area contributed by atoms with Crippen molar-refractivity contribution < 1.29 is 14.4 Å². The molecule has 1 aromatic heterocycles. The van der Waals surface area contributed by atoms with E-state index < -0.39 is 11.8 Å². The average Bonchev–Trinajstić information content (AvgIpc) is 3.39. The third-order valence-electron chi connectivity index (χ3n) is 6.07. The molecule has 43 heavy (non-hydrogen) atoms. The number of hydrogen-bond donors (Lipinski definition) is 3. The first-order chi connectivity index (χ1) is 20.7. The van der Waals surface area contributed by atoms with Crippen LogP contribution in [0.5, 0.6) is 0 Å². The Hall–Kier alpha value is -4.15. The van der Waals surface area contributed by atoms with Crippen LogP contribution in [0.3, 0.4) is 0 Å². The van der Waals surface area contributed by atoms with Crippen LogP contribution in [0.25, 0.3) is 16.3 Å². The molecule has 7 nitrogen and oxygen atoms in total. The van der Waals surface area contributed by atoms with E-state index in [-0.39, 0.29) is 17.4 Å². The fourth-order valence-electron chi connectivity index (χ4n) is 3.99. The number of anilines is 2. The first-order valence-electron chi connectivity index (χ1n) is 13.0. The van der Waals surface area contributed by atoms with Gasteiger partial charge in [0.05, 0.1) is 16.0 Å². The lowest BCUT2D eigenvalue weighted by Gasteiger charge is -2.13. The van der Waals surface area contributed by atoms with Crippen molar-refractivity contribution in [2.75, 3.05) is 16.4 Å². The summed E-state index contributed by atoms with van der Waals surface area (Å²) in [4.78, 5) is 44.2. The van der Waals surface area contributed by atoms with E-state index in [1.54, 1.807) is 66.7 Å². The Bertz CT molecular complexity index is 1840. The maximum atomic E-state index is 13.4. The fraction of sp³-hybridized carbons (Fsp3) is 0.0625. The van der Waals surface area contributed by atoms with Gasteiger partial charge in [-0.2, -0.15) is 0 Å². The molecule has 5 rings (SSSR count). The molecule has 3 amide bonds. The molecule has 4 aromatic carbocycles. The average molecular weight is 648 g/mol. The molecule has 0 unspecified atom stereocenters. The van der Waals surface area contributed by atoms with Crippen molar-refractivity contribution >= 4 is 91.1 Å². The number of benzene rings is 4. The smallest absolute Gasteiger partial charge is 0.272 e. The number of hydrogen-bond acceptors (Lipinski definition) is 6. The van der Waals surface area contributed by atoms with Gasteiger partial charge in [-0.25, -0.2) is 4.98 Å². The highest BCUT2D eigenvalue weighted by Gasteiger charge is 2.17. The summed E-state index contributed by atoms with van der Waals surface area (Å²) < 4.78 is 1.01. The van der Waals surface area contributed by atoms with Crippen LogP contribution in [0.4, 0.5) is 10.8 Å². The summed E-state index contributed by atoms with van der Waals surface area (Å²) in [7, 11) is 0. The van der Waals surface area contributed by atoms with Crippen LogP contribution < -0.4 is 16.0 Å². The topological polar surface area (TPSA) is 100 Å². The number of thioether (sulfide) groups is 1. The maximum Gasteiger partial charge on any atom is 0.272 e. The van der Waals surface area contributed by atoms with Gasteiger partial charge in [-0.1, -0.05) is 70.9 Å². The van der Waals surface area contributed by atoms with Crippen molar-refractivity contribution in [2.45, 2.75) is 11.8 Å². The molecule has 3 N–H and O–H groups in total. The van der Waals surface area contributed by atoms with Gasteiger partial charge in [0, 0.05) is 31.8 Å². The number of aryl methyl sites for hydroxylation is 1. The molecule has 0 aliphatic heterocycles. The van der Waals surface area contributed by atoms with Crippen LogP contribution in [0.1, 0.15) is 21.5 Å². The lowest BCUT2D eigenvalue weighted by Crippen LogP contribution is -2.30. The highest BCUT2D eigenvalue weighted by Crippen LogP contribution is 2.29. The molecule has 0 atom stereocenters. The number of rotatable bonds is 9. The predicted molar refractivity (Wildman–Crippen MR) is 177 cm³/mol. The second-order valence-corrected chi connectivity index (χ2v) is 12.2. The van der Waals surface area contributed by atoms with Crippen molar-refractivity contribution in [1.82, 2.24) is 10.3 Å². The van der Waals surface area contributed by atoms with Crippen LogP contribution in [0.15, 0.2) is 102 Å². The normalized spacial score (nSPS) is 11.3. The molecular weight excluding hydrogens is 623 g/mol. The third kappa shape index (κ3) is 8.03. The van der Waals surface area contributed by atoms with E-state index >= 15 is 0 Å². The number of halogens is 2. The van der Waals surface area contributed by atoms with Gasteiger partial charge in [0.1, 0.15) is 5.70 Å². The first-order valence-corrected chi connectivity index (χ1v) is 15.5. The summed E-state index contributed by atoms with van der Waals surface area (Å²) in [5.74, 6) is -1.09. The highest BCUT2D eigenvalue weighted by atomic mass is 35.5. The molecule has 0 aliphatic rings. The van der Waals surface area contributed by atoms with Crippen molar-refractivity contribution in [3.8, 4) is 0 Å². The van der Waals surface area contributed by atoms with Crippen LogP contribution in [0.2, 0.25) is 10.0 Å². The number of nitrogens with one attached hydrogen (secondary N) is 3. The van der Waals surface area contributed by atoms with E-state index in [0.717, 1.165) is 20.7 Å². The standard InChI is InChI=1S/C32H24Cl2N4O3S2/c1-19-13-14-26-28(15-19)43-32(37-26)38-29(39)18-42-22-10-5-9-21(16-22)35-31(41)27(17-23-24(33)11-6-12-25(23)34)36-30(40)20-7-3-2-4-8-20/h2-17H,18H2,1H3,(H,35,41)(H,36,40)(H,37,38,39)/b27-17+. The van der Waals surface area contributed by atoms with Crippen LogP contribution in [-0.4, -0.2) is 28.5 Å². The van der Waals surface area contributed by atoms with E-state index in [1.165, 1.54) is 29.2 Å². The molecule has 216 valence electrons. The second kappa shape index (κ2) is 13.9. The molecule has 0 aliphatic carbocycles. The molecule has 11 heteroatoms. The lowest BCUT2D eigenvalue weighted by molar-refractivity contribution is -0.114. The number of thiazole rings is 1. The van der Waals surface area contributed by atoms with Gasteiger partial charge in [-0.15, -0.1) is 11.8 Å². The second-order valence-electron chi connectivity index (χ2n) is 9.32. The summed E-state index contributed by atoms with van der Waals surface area (Å²) in [6.45, 7) is 2.01. The van der Waals surface area contributed by atoms with E-state index in [1.807, 2.05) is 31.2 Å². The van der Waals surface area contributed by atoms with E-state index in [4.69, 9.17) is 23.2 Å². The van der Waals surface area contributed by atoms with Crippen molar-refractivity contribution in [1.29, 1.82) is 0 Å². The molecule has 0 saturated heterocycles. The maximum absolute atomic E-state index is 13.4. The van der Waals surface area contributed by atoms with Crippen LogP contribution in [0, 0.1) is 6.92 Å². The van der Waals surface area contributed by atoms with E-state index in [0.29, 0.717) is 32.0 Å². The predicted octanol–water partition coefficient (Wildman–Crippen LogP) is 8.05. The SMILES string of the molecule is Cc1ccc2nc(NC(=O)CSc3cccc(NC(=O)/C(=C\c4c(Cl)cccc4Cl)NC(=O)c4ccccc4)c3)sc2c1. The highest BCUT2D eigenvalue weighted by molar-refractivity contribution is 8.00. The first kappa shape index (κ1) is 30.3. The van der Waals surface area contributed by atoms with Gasteiger partial charge in [0.2, 0.25) is 5.91 Å². The summed E-state index contributed by atoms with van der Waals surface area (Å²) in [5, 5.41) is 9.54. The molecule has 5 aromatic rings. The largest absolute Gasteiger partial charge is 0.321 e. The Balaban J connectivity index is 1.27. The monoisotopic (exact) mass is 646 g/mol. The summed E-state index contributed by atoms with van der Waals surface area (Å²) >= 11 is 15.4. The van der Waals surface area contributed by atoms with Crippen molar-refractivity contribution in [3.63, 3.8) is 0 Å². The third-order valence-corrected chi connectivity index (χ3v) is 8.66. The fourth-order valence-corrected chi connectivity index (χ4v) is 6.23. The van der Waals surface area contributed by atoms with E-state index in [9.17, 15) is 14.4 Å². The minimum Gasteiger partial charge on any atom is -0.321 e. The molecule has 0 radical (unpaired) electrons. The van der Waals surface area contributed by atoms with Crippen molar-refractivity contribution in [3.05, 3.63) is 123 Å². The lowest BCUT2D eigenvalue weighted by atomic mass is 10.1. The zero-order valence-corrected chi connectivity index (χ0v) is 25.8. The Labute approximate surface area is 266 Å². The number of aromatic nitrogens is 1. The zero-order chi connectivity index (χ0) is 30.3. The molecule has 0 saturated carbocycles. The van der Waals surface area contributed by atoms with E-state index in [2.05, 4.69) is 20.9 Å². The number of carbonyl (C=O) groups excluding carboxylic acids is 3.